The molecule has 0 radical (unpaired) electrons. The predicted octanol–water partition coefficient (Wildman–Crippen LogP) is 3.95. The van der Waals surface area contributed by atoms with E-state index in [0.717, 1.165) is 29.9 Å². The van der Waals surface area contributed by atoms with Gasteiger partial charge >= 0.3 is 0 Å². The van der Waals surface area contributed by atoms with Crippen LogP contribution in [0, 0.1) is 23.2 Å². The highest BCUT2D eigenvalue weighted by atomic mass is 16.3. The molecular formula is C25H30N2O3. The molecule has 0 spiro atoms. The van der Waals surface area contributed by atoms with Crippen molar-refractivity contribution in [1.29, 1.82) is 0 Å². The van der Waals surface area contributed by atoms with Gasteiger partial charge in [-0.25, -0.2) is 0 Å². The zero-order chi connectivity index (χ0) is 20.6. The van der Waals surface area contributed by atoms with Crippen LogP contribution in [0.5, 0.6) is 0 Å². The largest absolute Gasteiger partial charge is 0.459 e. The quantitative estimate of drug-likeness (QED) is 0.731. The molecular weight excluding hydrogens is 376 g/mol. The molecule has 5 nitrogen and oxygen atoms in total. The molecule has 4 fully saturated rings. The first-order valence-corrected chi connectivity index (χ1v) is 11.2. The Hall–Kier alpha value is -2.56. The van der Waals surface area contributed by atoms with Crippen LogP contribution in [-0.2, 0) is 11.2 Å². The molecule has 2 N–H and O–H groups in total. The van der Waals surface area contributed by atoms with E-state index < -0.39 is 6.04 Å². The number of hydrogen-bond donors (Lipinski definition) is 2. The summed E-state index contributed by atoms with van der Waals surface area (Å²) in [5, 5.41) is 6.11. The highest BCUT2D eigenvalue weighted by Crippen LogP contribution is 2.59. The predicted molar refractivity (Wildman–Crippen MR) is 114 cm³/mol. The zero-order valence-electron chi connectivity index (χ0n) is 17.3. The number of benzene rings is 1. The van der Waals surface area contributed by atoms with E-state index in [9.17, 15) is 9.59 Å². The maximum absolute atomic E-state index is 13.2. The fraction of sp³-hybridized carbons (Fsp3) is 0.520. The third-order valence-corrected chi connectivity index (χ3v) is 7.45. The van der Waals surface area contributed by atoms with Crippen LogP contribution in [0.25, 0.3) is 0 Å². The third-order valence-electron chi connectivity index (χ3n) is 7.45. The molecule has 0 saturated heterocycles. The second-order valence-electron chi connectivity index (χ2n) is 9.83. The Balaban J connectivity index is 1.27. The van der Waals surface area contributed by atoms with E-state index in [-0.39, 0.29) is 23.0 Å². The average Bonchev–Trinajstić information content (AvgIpc) is 3.26. The molecule has 4 aliphatic carbocycles. The Labute approximate surface area is 177 Å². The minimum atomic E-state index is -0.626. The van der Waals surface area contributed by atoms with Crippen molar-refractivity contribution >= 4 is 11.8 Å². The lowest BCUT2D eigenvalue weighted by Gasteiger charge is -2.57. The molecule has 2 amide bonds. The van der Waals surface area contributed by atoms with Gasteiger partial charge in [-0.15, -0.1) is 0 Å². The Kier molecular flexibility index (Phi) is 5.13. The van der Waals surface area contributed by atoms with Crippen LogP contribution < -0.4 is 10.6 Å². The van der Waals surface area contributed by atoms with Crippen molar-refractivity contribution in [3.63, 3.8) is 0 Å². The summed E-state index contributed by atoms with van der Waals surface area (Å²) in [5.41, 5.74) is 1.29. The summed E-state index contributed by atoms with van der Waals surface area (Å²) in [6.07, 6.45) is 9.85. The van der Waals surface area contributed by atoms with E-state index in [0.29, 0.717) is 6.42 Å². The molecule has 1 aromatic heterocycles. The summed E-state index contributed by atoms with van der Waals surface area (Å²) in [6.45, 7) is 0.733. The molecule has 1 aromatic carbocycles. The van der Waals surface area contributed by atoms with E-state index in [2.05, 4.69) is 10.6 Å². The highest BCUT2D eigenvalue weighted by molar-refractivity contribution is 5.95. The fourth-order valence-electron chi connectivity index (χ4n) is 6.60. The maximum atomic E-state index is 13.2. The van der Waals surface area contributed by atoms with Crippen molar-refractivity contribution in [3.05, 3.63) is 60.1 Å². The standard InChI is InChI=1S/C25H30N2O3/c28-23(26-16-25-13-18-9-19(14-25)11-20(10-18)15-25)21(12-17-5-2-1-3-6-17)27-24(29)22-7-4-8-30-22/h1-8,18-21H,9-16H2,(H,26,28)(H,27,29). The fourth-order valence-corrected chi connectivity index (χ4v) is 6.60. The molecule has 2 aromatic rings. The average molecular weight is 407 g/mol. The van der Waals surface area contributed by atoms with Crippen molar-refractivity contribution < 1.29 is 14.0 Å². The van der Waals surface area contributed by atoms with E-state index in [1.54, 1.807) is 12.1 Å². The van der Waals surface area contributed by atoms with E-state index in [1.165, 1.54) is 44.8 Å². The molecule has 4 aliphatic rings. The highest BCUT2D eigenvalue weighted by Gasteiger charge is 2.50. The molecule has 6 rings (SSSR count). The first kappa shape index (κ1) is 19.4. The number of furan rings is 1. The van der Waals surface area contributed by atoms with Crippen LogP contribution in [0.2, 0.25) is 0 Å². The smallest absolute Gasteiger partial charge is 0.287 e. The van der Waals surface area contributed by atoms with Gasteiger partial charge in [0.25, 0.3) is 5.91 Å². The number of carbonyl (C=O) groups excluding carboxylic acids is 2. The lowest BCUT2D eigenvalue weighted by molar-refractivity contribution is -0.125. The molecule has 4 saturated carbocycles. The van der Waals surface area contributed by atoms with Gasteiger partial charge in [0.05, 0.1) is 6.26 Å². The SMILES string of the molecule is O=C(NC(Cc1ccccc1)C(=O)NCC12CC3CC(CC(C3)C1)C2)c1ccco1. The number of carbonyl (C=O) groups is 2. The van der Waals surface area contributed by atoms with Crippen molar-refractivity contribution in [1.82, 2.24) is 10.6 Å². The first-order chi connectivity index (χ1) is 14.6. The summed E-state index contributed by atoms with van der Waals surface area (Å²) in [5.74, 6) is 2.33. The monoisotopic (exact) mass is 406 g/mol. The van der Waals surface area contributed by atoms with Crippen LogP contribution in [0.3, 0.4) is 0 Å². The van der Waals surface area contributed by atoms with Gasteiger partial charge in [0, 0.05) is 13.0 Å². The van der Waals surface area contributed by atoms with E-state index in [4.69, 9.17) is 4.42 Å². The van der Waals surface area contributed by atoms with Crippen molar-refractivity contribution in [3.8, 4) is 0 Å². The molecule has 1 atom stereocenters. The van der Waals surface area contributed by atoms with Gasteiger partial charge < -0.3 is 15.1 Å². The Bertz CT molecular complexity index is 855. The normalized spacial score (nSPS) is 30.1. The maximum Gasteiger partial charge on any atom is 0.287 e. The molecule has 1 unspecified atom stereocenters. The van der Waals surface area contributed by atoms with Gasteiger partial charge in [0.1, 0.15) is 6.04 Å². The lowest BCUT2D eigenvalue weighted by atomic mass is 9.49. The topological polar surface area (TPSA) is 71.3 Å². The first-order valence-electron chi connectivity index (χ1n) is 11.2. The lowest BCUT2D eigenvalue weighted by Crippen LogP contribution is -2.54. The summed E-state index contributed by atoms with van der Waals surface area (Å²) < 4.78 is 5.21. The Morgan fingerprint density at radius 2 is 1.63 bits per heavy atom. The molecule has 0 aliphatic heterocycles. The zero-order valence-corrected chi connectivity index (χ0v) is 17.3. The van der Waals surface area contributed by atoms with Crippen molar-refractivity contribution in [2.45, 2.75) is 51.0 Å². The Morgan fingerprint density at radius 3 is 2.23 bits per heavy atom. The number of amides is 2. The molecule has 5 heteroatoms. The summed E-state index contributed by atoms with van der Waals surface area (Å²) in [7, 11) is 0. The molecule has 1 heterocycles. The van der Waals surface area contributed by atoms with Crippen molar-refractivity contribution in [2.75, 3.05) is 6.54 Å². The van der Waals surface area contributed by atoms with Crippen LogP contribution in [0.15, 0.2) is 53.1 Å². The number of hydrogen-bond acceptors (Lipinski definition) is 3. The van der Waals surface area contributed by atoms with Gasteiger partial charge in [0.15, 0.2) is 5.76 Å². The van der Waals surface area contributed by atoms with Crippen molar-refractivity contribution in [2.24, 2.45) is 23.2 Å². The summed E-state index contributed by atoms with van der Waals surface area (Å²) in [6, 6.07) is 12.5. The van der Waals surface area contributed by atoms with E-state index >= 15 is 0 Å². The second kappa shape index (κ2) is 7.93. The summed E-state index contributed by atoms with van der Waals surface area (Å²) >= 11 is 0. The van der Waals surface area contributed by atoms with Crippen LogP contribution in [0.1, 0.15) is 54.6 Å². The van der Waals surface area contributed by atoms with Gasteiger partial charge in [0.2, 0.25) is 5.91 Å². The molecule has 4 bridgehead atoms. The van der Waals surface area contributed by atoms with Gasteiger partial charge in [-0.1, -0.05) is 30.3 Å². The van der Waals surface area contributed by atoms with Gasteiger partial charge in [-0.2, -0.15) is 0 Å². The minimum Gasteiger partial charge on any atom is -0.459 e. The number of nitrogens with one attached hydrogen (secondary N) is 2. The number of rotatable bonds is 7. The third kappa shape index (κ3) is 4.03. The van der Waals surface area contributed by atoms with Crippen LogP contribution >= 0.6 is 0 Å². The van der Waals surface area contributed by atoms with Gasteiger partial charge in [-0.05, 0) is 79.4 Å². The van der Waals surface area contributed by atoms with Crippen LogP contribution in [0.4, 0.5) is 0 Å². The molecule has 158 valence electrons. The summed E-state index contributed by atoms with van der Waals surface area (Å²) in [4.78, 5) is 25.7. The Morgan fingerprint density at radius 1 is 0.967 bits per heavy atom. The minimum absolute atomic E-state index is 0.102. The second-order valence-corrected chi connectivity index (χ2v) is 9.83. The molecule has 30 heavy (non-hydrogen) atoms. The van der Waals surface area contributed by atoms with Crippen LogP contribution in [-0.4, -0.2) is 24.4 Å². The van der Waals surface area contributed by atoms with E-state index in [1.807, 2.05) is 30.3 Å². The van der Waals surface area contributed by atoms with Gasteiger partial charge in [-0.3, -0.25) is 9.59 Å².